The number of nitrogens with zero attached hydrogens (tertiary/aromatic N) is 2. The number of carbonyl (C=O) groups excluding carboxylic acids is 2. The average Bonchev–Trinajstić information content (AvgIpc) is 2.92. The molecule has 2 aliphatic heterocycles. The molecule has 2 amide bonds. The predicted octanol–water partition coefficient (Wildman–Crippen LogP) is 0.771. The minimum atomic E-state index is -4.45. The van der Waals surface area contributed by atoms with E-state index in [1.54, 1.807) is 0 Å². The molecule has 0 aliphatic carbocycles. The van der Waals surface area contributed by atoms with Crippen LogP contribution in [0.5, 0.6) is 0 Å². The van der Waals surface area contributed by atoms with E-state index in [0.717, 1.165) is 0 Å². The molecule has 2 saturated heterocycles. The Morgan fingerprint density at radius 3 is 2.67 bits per heavy atom. The minimum absolute atomic E-state index is 0.185. The zero-order valence-corrected chi connectivity index (χ0v) is 11.8. The van der Waals surface area contributed by atoms with Gasteiger partial charge in [0.1, 0.15) is 6.54 Å². The van der Waals surface area contributed by atoms with Crippen molar-refractivity contribution in [2.45, 2.75) is 38.0 Å². The van der Waals surface area contributed by atoms with Crippen molar-refractivity contribution in [2.75, 3.05) is 26.2 Å². The Hall–Kier alpha value is -1.31. The first kappa shape index (κ1) is 16.1. The third kappa shape index (κ3) is 3.66. The van der Waals surface area contributed by atoms with Gasteiger partial charge in [-0.1, -0.05) is 6.92 Å². The SMILES string of the molecule is CCC1(O)CCN(C(=O)C2CC(=O)N(CC(F)(F)F)C2)C1. The first-order valence-electron chi connectivity index (χ1n) is 6.99. The van der Waals surface area contributed by atoms with E-state index in [1.165, 1.54) is 4.90 Å². The summed E-state index contributed by atoms with van der Waals surface area (Å²) in [4.78, 5) is 26.0. The number of likely N-dealkylation sites (tertiary alicyclic amines) is 2. The van der Waals surface area contributed by atoms with Gasteiger partial charge in [-0.25, -0.2) is 0 Å². The highest BCUT2D eigenvalue weighted by Crippen LogP contribution is 2.29. The van der Waals surface area contributed by atoms with Gasteiger partial charge in [-0.05, 0) is 12.8 Å². The van der Waals surface area contributed by atoms with Crippen LogP contribution in [0.2, 0.25) is 0 Å². The molecule has 0 saturated carbocycles. The van der Waals surface area contributed by atoms with Crippen molar-refractivity contribution < 1.29 is 27.9 Å². The third-order valence-corrected chi connectivity index (χ3v) is 4.24. The lowest BCUT2D eigenvalue weighted by Crippen LogP contribution is -2.40. The van der Waals surface area contributed by atoms with E-state index in [9.17, 15) is 27.9 Å². The van der Waals surface area contributed by atoms with Gasteiger partial charge in [0.15, 0.2) is 0 Å². The Morgan fingerprint density at radius 1 is 1.48 bits per heavy atom. The monoisotopic (exact) mass is 308 g/mol. The Balaban J connectivity index is 1.95. The highest BCUT2D eigenvalue weighted by Gasteiger charge is 2.44. The molecule has 2 heterocycles. The van der Waals surface area contributed by atoms with Crippen LogP contribution in [-0.2, 0) is 9.59 Å². The molecule has 8 heteroatoms. The van der Waals surface area contributed by atoms with Crippen molar-refractivity contribution in [1.82, 2.24) is 9.80 Å². The van der Waals surface area contributed by atoms with Gasteiger partial charge in [0.05, 0.1) is 11.5 Å². The summed E-state index contributed by atoms with van der Waals surface area (Å²) in [5.74, 6) is -1.72. The van der Waals surface area contributed by atoms with Crippen LogP contribution in [-0.4, -0.2) is 64.7 Å². The van der Waals surface area contributed by atoms with Gasteiger partial charge < -0.3 is 14.9 Å². The summed E-state index contributed by atoms with van der Waals surface area (Å²) < 4.78 is 37.0. The smallest absolute Gasteiger partial charge is 0.388 e. The molecule has 0 bridgehead atoms. The van der Waals surface area contributed by atoms with Crippen LogP contribution in [0.15, 0.2) is 0 Å². The fraction of sp³-hybridized carbons (Fsp3) is 0.846. The van der Waals surface area contributed by atoms with Crippen molar-refractivity contribution in [2.24, 2.45) is 5.92 Å². The van der Waals surface area contributed by atoms with Gasteiger partial charge in [0.2, 0.25) is 11.8 Å². The summed E-state index contributed by atoms with van der Waals surface area (Å²) >= 11 is 0. The second-order valence-corrected chi connectivity index (χ2v) is 5.88. The number of aliphatic hydroxyl groups is 1. The number of halogens is 3. The zero-order chi connectivity index (χ0) is 15.8. The van der Waals surface area contributed by atoms with Gasteiger partial charge in [-0.15, -0.1) is 0 Å². The summed E-state index contributed by atoms with van der Waals surface area (Å²) in [6.07, 6.45) is -3.66. The fourth-order valence-corrected chi connectivity index (χ4v) is 2.90. The lowest BCUT2D eigenvalue weighted by Gasteiger charge is -2.24. The van der Waals surface area contributed by atoms with Crippen LogP contribution in [0.4, 0.5) is 13.2 Å². The number of hydrogen-bond donors (Lipinski definition) is 1. The van der Waals surface area contributed by atoms with Gasteiger partial charge in [-0.3, -0.25) is 9.59 Å². The molecule has 2 unspecified atom stereocenters. The summed E-state index contributed by atoms with van der Waals surface area (Å²) in [7, 11) is 0. The average molecular weight is 308 g/mol. The van der Waals surface area contributed by atoms with E-state index in [1.807, 2.05) is 6.92 Å². The zero-order valence-electron chi connectivity index (χ0n) is 11.8. The number of carbonyl (C=O) groups is 2. The molecule has 2 fully saturated rings. The molecule has 0 aromatic carbocycles. The molecular weight excluding hydrogens is 289 g/mol. The van der Waals surface area contributed by atoms with Gasteiger partial charge in [0, 0.05) is 26.1 Å². The molecule has 0 spiro atoms. The van der Waals surface area contributed by atoms with E-state index in [4.69, 9.17) is 0 Å². The molecule has 120 valence electrons. The summed E-state index contributed by atoms with van der Waals surface area (Å²) in [5, 5.41) is 10.1. The first-order valence-corrected chi connectivity index (χ1v) is 6.99. The van der Waals surface area contributed by atoms with Crippen molar-refractivity contribution in [1.29, 1.82) is 0 Å². The largest absolute Gasteiger partial charge is 0.406 e. The van der Waals surface area contributed by atoms with Crippen LogP contribution < -0.4 is 0 Å². The molecule has 0 aromatic rings. The summed E-state index contributed by atoms with van der Waals surface area (Å²) in [6.45, 7) is 0.879. The lowest BCUT2D eigenvalue weighted by atomic mass is 10.0. The quantitative estimate of drug-likeness (QED) is 0.838. The summed E-state index contributed by atoms with van der Waals surface area (Å²) in [5.41, 5.74) is -0.913. The van der Waals surface area contributed by atoms with Crippen LogP contribution in [0.1, 0.15) is 26.2 Å². The molecule has 5 nitrogen and oxygen atoms in total. The number of rotatable bonds is 3. The van der Waals surface area contributed by atoms with Crippen LogP contribution in [0, 0.1) is 5.92 Å². The van der Waals surface area contributed by atoms with Crippen molar-refractivity contribution >= 4 is 11.8 Å². The van der Waals surface area contributed by atoms with E-state index in [-0.39, 0.29) is 25.4 Å². The topological polar surface area (TPSA) is 60.9 Å². The van der Waals surface area contributed by atoms with Crippen LogP contribution in [0.3, 0.4) is 0 Å². The van der Waals surface area contributed by atoms with Crippen molar-refractivity contribution in [3.63, 3.8) is 0 Å². The molecule has 0 radical (unpaired) electrons. The Kier molecular flexibility index (Phi) is 4.19. The van der Waals surface area contributed by atoms with Gasteiger partial charge in [0.25, 0.3) is 0 Å². The van der Waals surface area contributed by atoms with E-state index < -0.39 is 30.1 Å². The number of hydrogen-bond acceptors (Lipinski definition) is 3. The minimum Gasteiger partial charge on any atom is -0.388 e. The molecular formula is C13H19F3N2O3. The fourth-order valence-electron chi connectivity index (χ4n) is 2.90. The standard InChI is InChI=1S/C13H19F3N2O3/c1-2-12(21)3-4-17(7-12)11(20)9-5-10(19)18(6-9)8-13(14,15)16/h9,21H,2-8H2,1H3. The second-order valence-electron chi connectivity index (χ2n) is 5.88. The predicted molar refractivity (Wildman–Crippen MR) is 67.2 cm³/mol. The van der Waals surface area contributed by atoms with Crippen molar-refractivity contribution in [3.05, 3.63) is 0 Å². The summed E-state index contributed by atoms with van der Waals surface area (Å²) in [6, 6.07) is 0. The number of amides is 2. The molecule has 0 aromatic heterocycles. The first-order chi connectivity index (χ1) is 9.63. The molecule has 2 rings (SSSR count). The number of alkyl halides is 3. The van der Waals surface area contributed by atoms with Crippen LogP contribution in [0.25, 0.3) is 0 Å². The Bertz CT molecular complexity index is 441. The highest BCUT2D eigenvalue weighted by atomic mass is 19.4. The maximum absolute atomic E-state index is 12.3. The molecule has 2 aliphatic rings. The van der Waals surface area contributed by atoms with Gasteiger partial charge in [-0.2, -0.15) is 13.2 Å². The number of β-amino-alcohol motifs (C(OH)–C–C–N with tert-alkyl or cyclic N) is 1. The lowest BCUT2D eigenvalue weighted by molar-refractivity contribution is -0.157. The van der Waals surface area contributed by atoms with Gasteiger partial charge >= 0.3 is 6.18 Å². The van der Waals surface area contributed by atoms with Crippen LogP contribution >= 0.6 is 0 Å². The molecule has 1 N–H and O–H groups in total. The molecule has 2 atom stereocenters. The Labute approximate surface area is 120 Å². The maximum Gasteiger partial charge on any atom is 0.406 e. The van der Waals surface area contributed by atoms with E-state index in [2.05, 4.69) is 0 Å². The molecule has 21 heavy (non-hydrogen) atoms. The normalized spacial score (nSPS) is 30.3. The van der Waals surface area contributed by atoms with E-state index in [0.29, 0.717) is 24.3 Å². The second kappa shape index (κ2) is 5.47. The maximum atomic E-state index is 12.3. The van der Waals surface area contributed by atoms with E-state index >= 15 is 0 Å². The highest BCUT2D eigenvalue weighted by molar-refractivity contribution is 5.89. The third-order valence-electron chi connectivity index (χ3n) is 4.24. The van der Waals surface area contributed by atoms with Crippen molar-refractivity contribution in [3.8, 4) is 0 Å². The Morgan fingerprint density at radius 2 is 2.14 bits per heavy atom.